The van der Waals surface area contributed by atoms with Crippen LogP contribution in [-0.2, 0) is 4.74 Å². The van der Waals surface area contributed by atoms with Gasteiger partial charge in [-0.1, -0.05) is 12.1 Å². The quantitative estimate of drug-likeness (QED) is 0.769. The fourth-order valence-electron chi connectivity index (χ4n) is 2.22. The molecule has 5 heteroatoms. The SMILES string of the molecule is COCCCNC(=O)c1ccc(C(=O)Nc2cccc(C)c2)cc1. The molecule has 0 radical (unpaired) electrons. The van der Waals surface area contributed by atoms with Gasteiger partial charge in [0.1, 0.15) is 0 Å². The van der Waals surface area contributed by atoms with Crippen molar-refractivity contribution in [1.82, 2.24) is 5.32 Å². The van der Waals surface area contributed by atoms with Gasteiger partial charge < -0.3 is 15.4 Å². The number of amides is 2. The standard InChI is InChI=1S/C19H22N2O3/c1-14-5-3-6-17(13-14)21-19(23)16-9-7-15(8-10-16)18(22)20-11-4-12-24-2/h3,5-10,13H,4,11-12H2,1-2H3,(H,20,22)(H,21,23). The Kier molecular flexibility index (Phi) is 6.51. The van der Waals surface area contributed by atoms with Gasteiger partial charge in [0.05, 0.1) is 0 Å². The van der Waals surface area contributed by atoms with Crippen molar-refractivity contribution in [3.05, 3.63) is 65.2 Å². The fourth-order valence-corrected chi connectivity index (χ4v) is 2.22. The first kappa shape index (κ1) is 17.7. The second-order valence-electron chi connectivity index (χ2n) is 5.50. The highest BCUT2D eigenvalue weighted by molar-refractivity contribution is 6.05. The van der Waals surface area contributed by atoms with Gasteiger partial charge in [-0.3, -0.25) is 9.59 Å². The summed E-state index contributed by atoms with van der Waals surface area (Å²) in [5.74, 6) is -0.357. The summed E-state index contributed by atoms with van der Waals surface area (Å²) in [6, 6.07) is 14.2. The zero-order chi connectivity index (χ0) is 17.4. The highest BCUT2D eigenvalue weighted by Crippen LogP contribution is 2.12. The van der Waals surface area contributed by atoms with Crippen LogP contribution in [0.25, 0.3) is 0 Å². The Bertz CT molecular complexity index is 696. The summed E-state index contributed by atoms with van der Waals surface area (Å²) < 4.78 is 4.93. The van der Waals surface area contributed by atoms with E-state index in [2.05, 4.69) is 10.6 Å². The molecule has 0 spiro atoms. The smallest absolute Gasteiger partial charge is 0.255 e. The molecule has 0 heterocycles. The maximum Gasteiger partial charge on any atom is 0.255 e. The van der Waals surface area contributed by atoms with Crippen molar-refractivity contribution in [3.63, 3.8) is 0 Å². The van der Waals surface area contributed by atoms with E-state index in [4.69, 9.17) is 4.74 Å². The number of carbonyl (C=O) groups is 2. The average Bonchev–Trinajstić information content (AvgIpc) is 2.58. The van der Waals surface area contributed by atoms with Gasteiger partial charge in [0, 0.05) is 37.1 Å². The van der Waals surface area contributed by atoms with Crippen LogP contribution in [0.3, 0.4) is 0 Å². The molecule has 0 atom stereocenters. The summed E-state index contributed by atoms with van der Waals surface area (Å²) in [6.45, 7) is 3.14. The molecule has 2 amide bonds. The summed E-state index contributed by atoms with van der Waals surface area (Å²) in [5, 5.41) is 5.65. The molecule has 0 aromatic heterocycles. The molecule has 0 aliphatic rings. The molecule has 0 saturated heterocycles. The Labute approximate surface area is 142 Å². The number of nitrogens with one attached hydrogen (secondary N) is 2. The molecule has 24 heavy (non-hydrogen) atoms. The first-order valence-electron chi connectivity index (χ1n) is 7.85. The van der Waals surface area contributed by atoms with Gasteiger partial charge in [0.2, 0.25) is 0 Å². The van der Waals surface area contributed by atoms with E-state index in [-0.39, 0.29) is 11.8 Å². The van der Waals surface area contributed by atoms with Crippen molar-refractivity contribution in [2.45, 2.75) is 13.3 Å². The lowest BCUT2D eigenvalue weighted by atomic mass is 10.1. The Balaban J connectivity index is 1.93. The number of anilines is 1. The molecule has 0 fully saturated rings. The van der Waals surface area contributed by atoms with E-state index in [1.54, 1.807) is 31.4 Å². The number of benzene rings is 2. The first-order chi connectivity index (χ1) is 11.6. The first-order valence-corrected chi connectivity index (χ1v) is 7.85. The predicted octanol–water partition coefficient (Wildman–Crippen LogP) is 3.01. The minimum atomic E-state index is -0.201. The number of hydrogen-bond acceptors (Lipinski definition) is 3. The number of ether oxygens (including phenoxy) is 1. The van der Waals surface area contributed by atoms with Crippen LogP contribution < -0.4 is 10.6 Å². The summed E-state index contributed by atoms with van der Waals surface area (Å²) in [7, 11) is 1.63. The highest BCUT2D eigenvalue weighted by atomic mass is 16.5. The normalized spacial score (nSPS) is 10.2. The molecule has 126 valence electrons. The van der Waals surface area contributed by atoms with Crippen LogP contribution >= 0.6 is 0 Å². The monoisotopic (exact) mass is 326 g/mol. The molecule has 5 nitrogen and oxygen atoms in total. The molecular formula is C19H22N2O3. The molecule has 2 N–H and O–H groups in total. The Morgan fingerprint density at radius 1 is 1.00 bits per heavy atom. The maximum absolute atomic E-state index is 12.2. The molecule has 0 bridgehead atoms. The third-order valence-corrected chi connectivity index (χ3v) is 3.50. The van der Waals surface area contributed by atoms with Gasteiger partial charge in [-0.15, -0.1) is 0 Å². The number of rotatable bonds is 7. The van der Waals surface area contributed by atoms with Crippen LogP contribution in [0.2, 0.25) is 0 Å². The van der Waals surface area contributed by atoms with E-state index in [9.17, 15) is 9.59 Å². The van der Waals surface area contributed by atoms with Crippen molar-refractivity contribution in [2.24, 2.45) is 0 Å². The number of methoxy groups -OCH3 is 1. The van der Waals surface area contributed by atoms with E-state index in [0.717, 1.165) is 17.7 Å². The zero-order valence-electron chi connectivity index (χ0n) is 14.0. The van der Waals surface area contributed by atoms with Gasteiger partial charge in [-0.25, -0.2) is 0 Å². The van der Waals surface area contributed by atoms with Crippen molar-refractivity contribution in [2.75, 3.05) is 25.6 Å². The van der Waals surface area contributed by atoms with Gasteiger partial charge in [0.15, 0.2) is 0 Å². The molecule has 2 aromatic rings. The summed E-state index contributed by atoms with van der Waals surface area (Å²) in [5.41, 5.74) is 2.86. The second kappa shape index (κ2) is 8.84. The van der Waals surface area contributed by atoms with Gasteiger partial charge >= 0.3 is 0 Å². The highest BCUT2D eigenvalue weighted by Gasteiger charge is 2.09. The van der Waals surface area contributed by atoms with E-state index in [0.29, 0.717) is 24.3 Å². The summed E-state index contributed by atoms with van der Waals surface area (Å²) in [4.78, 5) is 24.2. The van der Waals surface area contributed by atoms with Crippen LogP contribution in [-0.4, -0.2) is 32.1 Å². The van der Waals surface area contributed by atoms with Crippen LogP contribution in [0.5, 0.6) is 0 Å². The molecule has 0 saturated carbocycles. The summed E-state index contributed by atoms with van der Waals surface area (Å²) in [6.07, 6.45) is 0.763. The van der Waals surface area contributed by atoms with E-state index >= 15 is 0 Å². The molecule has 0 unspecified atom stereocenters. The number of hydrogen-bond donors (Lipinski definition) is 2. The average molecular weight is 326 g/mol. The predicted molar refractivity (Wildman–Crippen MR) is 94.4 cm³/mol. The van der Waals surface area contributed by atoms with E-state index < -0.39 is 0 Å². The Morgan fingerprint density at radius 2 is 1.67 bits per heavy atom. The number of aryl methyl sites for hydroxylation is 1. The second-order valence-corrected chi connectivity index (χ2v) is 5.50. The van der Waals surface area contributed by atoms with Crippen LogP contribution in [0.15, 0.2) is 48.5 Å². The van der Waals surface area contributed by atoms with Crippen LogP contribution in [0.1, 0.15) is 32.7 Å². The fraction of sp³-hybridized carbons (Fsp3) is 0.263. The van der Waals surface area contributed by atoms with Crippen molar-refractivity contribution >= 4 is 17.5 Å². The van der Waals surface area contributed by atoms with E-state index in [1.165, 1.54) is 0 Å². The third-order valence-electron chi connectivity index (χ3n) is 3.50. The van der Waals surface area contributed by atoms with Crippen molar-refractivity contribution in [3.8, 4) is 0 Å². The molecule has 2 rings (SSSR count). The maximum atomic E-state index is 12.2. The minimum Gasteiger partial charge on any atom is -0.385 e. The molecule has 2 aromatic carbocycles. The Hall–Kier alpha value is -2.66. The Morgan fingerprint density at radius 3 is 2.29 bits per heavy atom. The zero-order valence-corrected chi connectivity index (χ0v) is 14.0. The van der Waals surface area contributed by atoms with E-state index in [1.807, 2.05) is 31.2 Å². The van der Waals surface area contributed by atoms with Crippen LogP contribution in [0.4, 0.5) is 5.69 Å². The lowest BCUT2D eigenvalue weighted by Gasteiger charge is -2.08. The van der Waals surface area contributed by atoms with Crippen molar-refractivity contribution in [1.29, 1.82) is 0 Å². The molecule has 0 aliphatic heterocycles. The van der Waals surface area contributed by atoms with Crippen molar-refractivity contribution < 1.29 is 14.3 Å². The topological polar surface area (TPSA) is 67.4 Å². The number of carbonyl (C=O) groups excluding carboxylic acids is 2. The largest absolute Gasteiger partial charge is 0.385 e. The van der Waals surface area contributed by atoms with Gasteiger partial charge in [-0.2, -0.15) is 0 Å². The third kappa shape index (κ3) is 5.21. The lowest BCUT2D eigenvalue weighted by Crippen LogP contribution is -2.25. The lowest BCUT2D eigenvalue weighted by molar-refractivity contribution is 0.0947. The van der Waals surface area contributed by atoms with Gasteiger partial charge in [0.25, 0.3) is 11.8 Å². The minimum absolute atomic E-state index is 0.156. The van der Waals surface area contributed by atoms with Gasteiger partial charge in [-0.05, 0) is 55.3 Å². The van der Waals surface area contributed by atoms with Crippen LogP contribution in [0, 0.1) is 6.92 Å². The molecular weight excluding hydrogens is 304 g/mol. The summed E-state index contributed by atoms with van der Waals surface area (Å²) >= 11 is 0. The molecule has 0 aliphatic carbocycles.